The molecule has 0 spiro atoms. The van der Waals surface area contributed by atoms with Crippen molar-refractivity contribution in [3.8, 4) is 0 Å². The summed E-state index contributed by atoms with van der Waals surface area (Å²) in [5.74, 6) is -1.93. The first-order chi connectivity index (χ1) is 13.0. The molecule has 6 nitrogen and oxygen atoms in total. The van der Waals surface area contributed by atoms with Crippen molar-refractivity contribution in [2.45, 2.75) is 25.7 Å². The molecule has 1 aromatic heterocycles. The van der Waals surface area contributed by atoms with Gasteiger partial charge in [0.2, 0.25) is 0 Å². The molecular formula is C21H19NO5. The van der Waals surface area contributed by atoms with Crippen LogP contribution in [0.3, 0.4) is 0 Å². The third kappa shape index (κ3) is 2.68. The average molecular weight is 365 g/mol. The monoisotopic (exact) mass is 365 g/mol. The summed E-state index contributed by atoms with van der Waals surface area (Å²) in [4.78, 5) is 38.5. The van der Waals surface area contributed by atoms with Gasteiger partial charge < -0.3 is 14.5 Å². The molecule has 2 atom stereocenters. The van der Waals surface area contributed by atoms with Crippen LogP contribution < -0.4 is 10.7 Å². The number of hydrogen-bond donors (Lipinski definition) is 1. The van der Waals surface area contributed by atoms with Crippen LogP contribution in [0.2, 0.25) is 0 Å². The van der Waals surface area contributed by atoms with E-state index in [1.165, 1.54) is 13.4 Å². The minimum Gasteiger partial charge on any atom is -0.466 e. The van der Waals surface area contributed by atoms with Crippen LogP contribution in [0, 0.1) is 5.92 Å². The maximum absolute atomic E-state index is 13.2. The number of fused-ring (bicyclic) bond motifs is 2. The van der Waals surface area contributed by atoms with Gasteiger partial charge in [0.15, 0.2) is 5.43 Å². The molecule has 0 saturated heterocycles. The Morgan fingerprint density at radius 2 is 2.00 bits per heavy atom. The quantitative estimate of drug-likeness (QED) is 0.824. The molecular weight excluding hydrogens is 346 g/mol. The minimum absolute atomic E-state index is 0.00791. The summed E-state index contributed by atoms with van der Waals surface area (Å²) in [6, 6.07) is 6.93. The summed E-state index contributed by atoms with van der Waals surface area (Å²) in [6.45, 7) is 1.75. The lowest BCUT2D eigenvalue weighted by atomic mass is 9.71. The maximum Gasteiger partial charge on any atom is 0.336 e. The van der Waals surface area contributed by atoms with Crippen LogP contribution in [0.1, 0.15) is 31.2 Å². The molecule has 6 heteroatoms. The Bertz CT molecular complexity index is 1080. The van der Waals surface area contributed by atoms with Crippen LogP contribution in [-0.4, -0.2) is 18.9 Å². The number of nitrogens with one attached hydrogen (secondary N) is 1. The molecule has 1 aliphatic carbocycles. The zero-order valence-electron chi connectivity index (χ0n) is 15.1. The van der Waals surface area contributed by atoms with Gasteiger partial charge in [-0.25, -0.2) is 4.79 Å². The van der Waals surface area contributed by atoms with Crippen molar-refractivity contribution in [3.63, 3.8) is 0 Å². The lowest BCUT2D eigenvalue weighted by molar-refractivity contribution is -0.136. The normalized spacial score (nSPS) is 22.1. The number of carbonyl (C=O) groups is 2. The van der Waals surface area contributed by atoms with Gasteiger partial charge in [-0.15, -0.1) is 0 Å². The van der Waals surface area contributed by atoms with Crippen LogP contribution in [0.25, 0.3) is 11.0 Å². The molecule has 0 fully saturated rings. The first-order valence-electron chi connectivity index (χ1n) is 8.82. The van der Waals surface area contributed by atoms with Gasteiger partial charge in [0, 0.05) is 29.3 Å². The second-order valence-corrected chi connectivity index (χ2v) is 6.79. The topological polar surface area (TPSA) is 85.6 Å². The minimum atomic E-state index is -0.737. The first-order valence-corrected chi connectivity index (χ1v) is 8.82. The van der Waals surface area contributed by atoms with Gasteiger partial charge in [-0.05, 0) is 25.5 Å². The molecule has 2 aliphatic rings. The summed E-state index contributed by atoms with van der Waals surface area (Å²) >= 11 is 0. The Hall–Kier alpha value is -3.15. The summed E-state index contributed by atoms with van der Waals surface area (Å²) in [5.41, 5.74) is 2.12. The molecule has 0 bridgehead atoms. The first kappa shape index (κ1) is 17.3. The largest absolute Gasteiger partial charge is 0.466 e. The molecule has 4 rings (SSSR count). The number of methoxy groups -OCH3 is 1. The highest BCUT2D eigenvalue weighted by molar-refractivity contribution is 5.96. The summed E-state index contributed by atoms with van der Waals surface area (Å²) in [5, 5.41) is 3.58. The van der Waals surface area contributed by atoms with E-state index < -0.39 is 17.8 Å². The molecule has 138 valence electrons. The summed E-state index contributed by atoms with van der Waals surface area (Å²) in [6.07, 6.45) is 4.34. The molecule has 1 aromatic carbocycles. The number of ketones is 1. The molecule has 1 aliphatic heterocycles. The van der Waals surface area contributed by atoms with Crippen molar-refractivity contribution in [2.24, 2.45) is 5.92 Å². The van der Waals surface area contributed by atoms with Gasteiger partial charge in [0.25, 0.3) is 0 Å². The molecule has 0 amide bonds. The van der Waals surface area contributed by atoms with Crippen molar-refractivity contribution in [3.05, 3.63) is 69.4 Å². The fraction of sp³-hybridized carbons (Fsp3) is 0.286. The fourth-order valence-corrected chi connectivity index (χ4v) is 4.04. The lowest BCUT2D eigenvalue weighted by Crippen LogP contribution is -2.42. The maximum atomic E-state index is 13.2. The second kappa shape index (κ2) is 6.54. The molecule has 1 N–H and O–H groups in total. The van der Waals surface area contributed by atoms with E-state index in [0.717, 1.165) is 5.70 Å². The van der Waals surface area contributed by atoms with Crippen molar-refractivity contribution >= 4 is 22.7 Å². The van der Waals surface area contributed by atoms with Crippen LogP contribution in [0.15, 0.2) is 62.8 Å². The smallest absolute Gasteiger partial charge is 0.336 e. The molecule has 0 saturated carbocycles. The van der Waals surface area contributed by atoms with E-state index in [-0.39, 0.29) is 16.8 Å². The highest BCUT2D eigenvalue weighted by Crippen LogP contribution is 2.43. The molecule has 0 radical (unpaired) electrons. The van der Waals surface area contributed by atoms with E-state index in [4.69, 9.17) is 9.15 Å². The van der Waals surface area contributed by atoms with Crippen molar-refractivity contribution in [1.29, 1.82) is 0 Å². The van der Waals surface area contributed by atoms with E-state index in [0.29, 0.717) is 35.1 Å². The Kier molecular flexibility index (Phi) is 4.18. The molecule has 2 aromatic rings. The van der Waals surface area contributed by atoms with Crippen LogP contribution >= 0.6 is 0 Å². The van der Waals surface area contributed by atoms with Gasteiger partial charge in [-0.2, -0.15) is 0 Å². The van der Waals surface area contributed by atoms with Gasteiger partial charge in [0.05, 0.1) is 30.3 Å². The predicted octanol–water partition coefficient (Wildman–Crippen LogP) is 2.79. The zero-order chi connectivity index (χ0) is 19.1. The number of benzene rings is 1. The van der Waals surface area contributed by atoms with E-state index in [1.54, 1.807) is 31.2 Å². The average Bonchev–Trinajstić information content (AvgIpc) is 2.67. The van der Waals surface area contributed by atoms with E-state index in [1.807, 2.05) is 6.08 Å². The Morgan fingerprint density at radius 3 is 2.78 bits per heavy atom. The second-order valence-electron chi connectivity index (χ2n) is 6.79. The van der Waals surface area contributed by atoms with Gasteiger partial charge in [-0.3, -0.25) is 9.59 Å². The number of hydrogen-bond acceptors (Lipinski definition) is 6. The fourth-order valence-electron chi connectivity index (χ4n) is 4.04. The highest BCUT2D eigenvalue weighted by Gasteiger charge is 2.44. The Balaban J connectivity index is 2.00. The zero-order valence-corrected chi connectivity index (χ0v) is 15.1. The third-order valence-corrected chi connectivity index (χ3v) is 5.26. The number of ether oxygens (including phenoxy) is 1. The Labute approximate surface area is 155 Å². The van der Waals surface area contributed by atoms with Crippen LogP contribution in [0.4, 0.5) is 0 Å². The molecule has 27 heavy (non-hydrogen) atoms. The van der Waals surface area contributed by atoms with Crippen molar-refractivity contribution in [1.82, 2.24) is 5.32 Å². The summed E-state index contributed by atoms with van der Waals surface area (Å²) < 4.78 is 10.6. The van der Waals surface area contributed by atoms with Crippen molar-refractivity contribution < 1.29 is 18.7 Å². The van der Waals surface area contributed by atoms with E-state index in [2.05, 4.69) is 5.32 Å². The highest BCUT2D eigenvalue weighted by atomic mass is 16.5. The lowest BCUT2D eigenvalue weighted by Gasteiger charge is -2.37. The van der Waals surface area contributed by atoms with Gasteiger partial charge in [0.1, 0.15) is 11.4 Å². The van der Waals surface area contributed by atoms with Gasteiger partial charge in [-0.1, -0.05) is 18.2 Å². The standard InChI is InChI=1S/C21H19NO5/c1-11-17(21(25)26-2)18(19-14(22-11)7-5-8-15(19)23)13-10-27-16-9-4-3-6-12(16)20(13)24/h3-4,6-7,9-10,18-19,22H,5,8H2,1-2H3. The predicted molar refractivity (Wildman–Crippen MR) is 98.9 cm³/mol. The number of rotatable bonds is 2. The molecule has 2 heterocycles. The number of Topliss-reactive ketones (excluding diaryl/α,β-unsaturated/α-hetero) is 1. The van der Waals surface area contributed by atoms with Crippen LogP contribution in [0.5, 0.6) is 0 Å². The summed E-state index contributed by atoms with van der Waals surface area (Å²) in [7, 11) is 1.29. The number of esters is 1. The Morgan fingerprint density at radius 1 is 1.22 bits per heavy atom. The third-order valence-electron chi connectivity index (χ3n) is 5.26. The van der Waals surface area contributed by atoms with Crippen molar-refractivity contribution in [2.75, 3.05) is 7.11 Å². The number of carbonyl (C=O) groups excluding carboxylic acids is 2. The molecule has 2 unspecified atom stereocenters. The SMILES string of the molecule is COC(=O)C1=C(C)NC2=CCCC(=O)C2C1c1coc2ccccc2c1=O. The van der Waals surface area contributed by atoms with E-state index in [9.17, 15) is 14.4 Å². The van der Waals surface area contributed by atoms with Crippen LogP contribution in [-0.2, 0) is 14.3 Å². The number of allylic oxidation sites excluding steroid dienone is 3. The van der Waals surface area contributed by atoms with Gasteiger partial charge >= 0.3 is 5.97 Å². The van der Waals surface area contributed by atoms with E-state index >= 15 is 0 Å². The number of para-hydroxylation sites is 1.